The molecular formula is C29H36N2O3. The van der Waals surface area contributed by atoms with Gasteiger partial charge in [-0.25, -0.2) is 4.98 Å². The molecule has 4 aliphatic rings. The molecule has 34 heavy (non-hydrogen) atoms. The van der Waals surface area contributed by atoms with Gasteiger partial charge in [-0.05, 0) is 93.3 Å². The Morgan fingerprint density at radius 2 is 1.71 bits per heavy atom. The SMILES string of the molecule is CC(O)C1C=c2[nH]c(C3=CC=C(C4=CC=C(C5CCC(CC(=O)O)CC5)CC4)CC3)nc2=CC1. The van der Waals surface area contributed by atoms with Crippen LogP contribution in [-0.4, -0.2) is 32.3 Å². The largest absolute Gasteiger partial charge is 0.481 e. The molecule has 0 bridgehead atoms. The standard InChI is InChI=1S/C29H36N2O3/c1-18(32)25-14-15-26-27(17-25)31-29(30-26)24-12-10-23(11-13-24)22-8-6-21(7-9-22)20-4-2-19(3-5-20)16-28(33)34/h6,8,10,12,15,17-20,25,32H,2-5,7,9,11,13-14,16H2,1H3,(H,30,31)(H,33,34). The van der Waals surface area contributed by atoms with Gasteiger partial charge in [-0.15, -0.1) is 0 Å². The molecule has 0 aliphatic heterocycles. The van der Waals surface area contributed by atoms with Crippen molar-refractivity contribution in [3.8, 4) is 0 Å². The first-order valence-electron chi connectivity index (χ1n) is 12.9. The average molecular weight is 461 g/mol. The maximum absolute atomic E-state index is 11.0. The van der Waals surface area contributed by atoms with Crippen molar-refractivity contribution >= 4 is 23.7 Å². The van der Waals surface area contributed by atoms with Gasteiger partial charge in [0.15, 0.2) is 0 Å². The molecule has 2 unspecified atom stereocenters. The predicted octanol–water partition coefficient (Wildman–Crippen LogP) is 4.40. The van der Waals surface area contributed by atoms with Crippen LogP contribution in [-0.2, 0) is 4.79 Å². The van der Waals surface area contributed by atoms with Gasteiger partial charge in [0.2, 0.25) is 0 Å². The molecule has 180 valence electrons. The highest BCUT2D eigenvalue weighted by atomic mass is 16.4. The van der Waals surface area contributed by atoms with E-state index in [0.29, 0.717) is 18.3 Å². The minimum absolute atomic E-state index is 0.156. The molecule has 1 aromatic heterocycles. The number of aromatic nitrogens is 2. The molecule has 0 amide bonds. The first-order chi connectivity index (χ1) is 16.5. The van der Waals surface area contributed by atoms with E-state index in [-0.39, 0.29) is 12.0 Å². The number of aliphatic carboxylic acids is 1. The number of aromatic amines is 1. The lowest BCUT2D eigenvalue weighted by Crippen LogP contribution is -2.31. The number of hydrogen-bond acceptors (Lipinski definition) is 3. The van der Waals surface area contributed by atoms with Gasteiger partial charge in [0.25, 0.3) is 0 Å². The average Bonchev–Trinajstić information content (AvgIpc) is 3.28. The van der Waals surface area contributed by atoms with Gasteiger partial charge in [-0.3, -0.25) is 4.79 Å². The minimum atomic E-state index is -0.654. The molecule has 1 fully saturated rings. The van der Waals surface area contributed by atoms with E-state index >= 15 is 0 Å². The summed E-state index contributed by atoms with van der Waals surface area (Å²) in [7, 11) is 0. The monoisotopic (exact) mass is 460 g/mol. The lowest BCUT2D eigenvalue weighted by Gasteiger charge is -2.31. The number of hydrogen-bond donors (Lipinski definition) is 3. The summed E-state index contributed by atoms with van der Waals surface area (Å²) >= 11 is 0. The molecular weight excluding hydrogens is 424 g/mol. The van der Waals surface area contributed by atoms with Gasteiger partial charge >= 0.3 is 5.97 Å². The number of carboxylic acids is 1. The minimum Gasteiger partial charge on any atom is -0.481 e. The van der Waals surface area contributed by atoms with Crippen LogP contribution in [0.2, 0.25) is 0 Å². The van der Waals surface area contributed by atoms with Gasteiger partial charge in [0.05, 0.1) is 16.8 Å². The van der Waals surface area contributed by atoms with Gasteiger partial charge in [0.1, 0.15) is 5.82 Å². The van der Waals surface area contributed by atoms with Gasteiger partial charge in [-0.1, -0.05) is 42.0 Å². The Kier molecular flexibility index (Phi) is 6.73. The Morgan fingerprint density at radius 3 is 2.32 bits per heavy atom. The zero-order valence-electron chi connectivity index (χ0n) is 20.1. The number of aliphatic hydroxyl groups excluding tert-OH is 1. The van der Waals surface area contributed by atoms with E-state index in [1.165, 1.54) is 16.7 Å². The maximum atomic E-state index is 11.0. The normalized spacial score (nSPS) is 27.8. The van der Waals surface area contributed by atoms with E-state index in [1.54, 1.807) is 5.57 Å². The molecule has 0 radical (unpaired) electrons. The summed E-state index contributed by atoms with van der Waals surface area (Å²) in [6.45, 7) is 1.85. The number of carbonyl (C=O) groups is 1. The van der Waals surface area contributed by atoms with Crippen molar-refractivity contribution in [2.24, 2.45) is 17.8 Å². The highest BCUT2D eigenvalue weighted by Gasteiger charge is 2.26. The van der Waals surface area contributed by atoms with Crippen LogP contribution in [0.25, 0.3) is 17.7 Å². The Labute approximate surface area is 201 Å². The number of carboxylic acid groups (broad SMARTS) is 1. The van der Waals surface area contributed by atoms with Crippen molar-refractivity contribution in [1.29, 1.82) is 0 Å². The van der Waals surface area contributed by atoms with Crippen molar-refractivity contribution in [1.82, 2.24) is 9.97 Å². The fraction of sp³-hybridized carbons (Fsp3) is 0.517. The molecule has 1 saturated carbocycles. The second-order valence-electron chi connectivity index (χ2n) is 10.5. The summed E-state index contributed by atoms with van der Waals surface area (Å²) in [5.41, 5.74) is 5.71. The van der Waals surface area contributed by atoms with Crippen molar-refractivity contribution in [2.75, 3.05) is 0 Å². The molecule has 1 aromatic rings. The number of aliphatic hydroxyl groups is 1. The molecule has 0 aromatic carbocycles. The van der Waals surface area contributed by atoms with Crippen LogP contribution >= 0.6 is 0 Å². The highest BCUT2D eigenvalue weighted by molar-refractivity contribution is 5.67. The third-order valence-electron chi connectivity index (χ3n) is 8.23. The van der Waals surface area contributed by atoms with Crippen LogP contribution in [0.15, 0.2) is 41.0 Å². The Bertz CT molecular complexity index is 1190. The highest BCUT2D eigenvalue weighted by Crippen LogP contribution is 2.40. The van der Waals surface area contributed by atoms with Crippen molar-refractivity contribution in [3.63, 3.8) is 0 Å². The Hall–Kier alpha value is -2.66. The smallest absolute Gasteiger partial charge is 0.303 e. The topological polar surface area (TPSA) is 86.2 Å². The molecule has 0 spiro atoms. The lowest BCUT2D eigenvalue weighted by molar-refractivity contribution is -0.138. The number of allylic oxidation sites excluding steroid dienone is 8. The van der Waals surface area contributed by atoms with E-state index in [9.17, 15) is 9.90 Å². The quantitative estimate of drug-likeness (QED) is 0.587. The van der Waals surface area contributed by atoms with Crippen molar-refractivity contribution in [3.05, 3.63) is 57.5 Å². The Balaban J connectivity index is 1.24. The number of rotatable bonds is 6. The maximum Gasteiger partial charge on any atom is 0.303 e. The zero-order valence-corrected chi connectivity index (χ0v) is 20.1. The van der Waals surface area contributed by atoms with Gasteiger partial charge in [0, 0.05) is 12.3 Å². The fourth-order valence-electron chi connectivity index (χ4n) is 6.05. The number of imidazole rings is 1. The van der Waals surface area contributed by atoms with E-state index in [0.717, 1.165) is 74.3 Å². The van der Waals surface area contributed by atoms with Crippen LogP contribution in [0.3, 0.4) is 0 Å². The van der Waals surface area contributed by atoms with Crippen LogP contribution in [0, 0.1) is 17.8 Å². The van der Waals surface area contributed by atoms with E-state index in [4.69, 9.17) is 10.1 Å². The molecule has 5 rings (SSSR count). The molecule has 3 N–H and O–H groups in total. The van der Waals surface area contributed by atoms with E-state index in [2.05, 4.69) is 41.4 Å². The fourth-order valence-corrected chi connectivity index (χ4v) is 6.05. The first kappa shape index (κ1) is 23.1. The lowest BCUT2D eigenvalue weighted by atomic mass is 9.74. The van der Waals surface area contributed by atoms with Crippen LogP contribution in [0.5, 0.6) is 0 Å². The van der Waals surface area contributed by atoms with Crippen LogP contribution < -0.4 is 10.7 Å². The van der Waals surface area contributed by atoms with Gasteiger partial charge < -0.3 is 15.2 Å². The number of fused-ring (bicyclic) bond motifs is 1. The zero-order chi connectivity index (χ0) is 23.7. The van der Waals surface area contributed by atoms with Crippen LogP contribution in [0.4, 0.5) is 0 Å². The molecule has 5 nitrogen and oxygen atoms in total. The summed E-state index contributed by atoms with van der Waals surface area (Å²) in [6.07, 6.45) is 22.9. The summed E-state index contributed by atoms with van der Waals surface area (Å²) in [6, 6.07) is 0. The first-order valence-corrected chi connectivity index (χ1v) is 12.9. The second kappa shape index (κ2) is 9.91. The number of nitrogens with one attached hydrogen (secondary N) is 1. The summed E-state index contributed by atoms with van der Waals surface area (Å²) in [5, 5.41) is 21.0. The molecule has 0 saturated heterocycles. The van der Waals surface area contributed by atoms with Crippen LogP contribution in [0.1, 0.15) is 77.0 Å². The van der Waals surface area contributed by atoms with E-state index < -0.39 is 5.97 Å². The predicted molar refractivity (Wildman–Crippen MR) is 135 cm³/mol. The van der Waals surface area contributed by atoms with Crippen molar-refractivity contribution in [2.45, 2.75) is 77.2 Å². The third kappa shape index (κ3) is 5.05. The summed E-state index contributed by atoms with van der Waals surface area (Å²) in [4.78, 5) is 19.3. The number of H-pyrrole nitrogens is 1. The molecule has 4 aliphatic carbocycles. The van der Waals surface area contributed by atoms with Gasteiger partial charge in [-0.2, -0.15) is 0 Å². The number of nitrogens with zero attached hydrogens (tertiary/aromatic N) is 1. The van der Waals surface area contributed by atoms with Crippen molar-refractivity contribution < 1.29 is 15.0 Å². The second-order valence-corrected chi connectivity index (χ2v) is 10.5. The third-order valence-corrected chi connectivity index (χ3v) is 8.23. The Morgan fingerprint density at radius 1 is 1.03 bits per heavy atom. The summed E-state index contributed by atoms with van der Waals surface area (Å²) in [5.74, 6) is 1.47. The summed E-state index contributed by atoms with van der Waals surface area (Å²) < 4.78 is 0. The molecule has 1 heterocycles. The molecule has 2 atom stereocenters. The van der Waals surface area contributed by atoms with E-state index in [1.807, 2.05) is 6.92 Å². The molecule has 5 heteroatoms.